The van der Waals surface area contributed by atoms with Crippen molar-refractivity contribution in [2.24, 2.45) is 0 Å². The number of fused-ring (bicyclic) bond motifs is 1. The van der Waals surface area contributed by atoms with Crippen molar-refractivity contribution in [3.05, 3.63) is 29.3 Å². The molecule has 6 heteroatoms. The van der Waals surface area contributed by atoms with Gasteiger partial charge in [-0.3, -0.25) is 0 Å². The lowest BCUT2D eigenvalue weighted by Gasteiger charge is -2.29. The molecule has 0 spiro atoms. The van der Waals surface area contributed by atoms with Crippen LogP contribution in [0.5, 0.6) is 12.0 Å². The maximum absolute atomic E-state index is 5.13. The first-order valence-corrected chi connectivity index (χ1v) is 6.92. The molecule has 110 valence electrons. The monoisotopic (exact) mass is 286 g/mol. The van der Waals surface area contributed by atoms with Crippen LogP contribution in [0.25, 0.3) is 0 Å². The highest BCUT2D eigenvalue weighted by atomic mass is 16.5. The lowest BCUT2D eigenvalue weighted by molar-refractivity contribution is 0.340. The molecule has 0 N–H and O–H groups in total. The predicted molar refractivity (Wildman–Crippen MR) is 79.4 cm³/mol. The molecule has 0 radical (unpaired) electrons. The largest absolute Gasteiger partial charge is 0.467 e. The van der Waals surface area contributed by atoms with E-state index in [2.05, 4.69) is 45.0 Å². The number of nitrogens with zero attached hydrogens (tertiary/aromatic N) is 4. The van der Waals surface area contributed by atoms with Gasteiger partial charge in [-0.2, -0.15) is 9.97 Å². The zero-order valence-electron chi connectivity index (χ0n) is 12.5. The Morgan fingerprint density at radius 3 is 2.43 bits per heavy atom. The topological polar surface area (TPSA) is 60.4 Å². The van der Waals surface area contributed by atoms with Crippen LogP contribution in [-0.2, 0) is 6.42 Å². The van der Waals surface area contributed by atoms with Gasteiger partial charge in [0.15, 0.2) is 0 Å². The molecule has 0 aliphatic carbocycles. The molecule has 6 nitrogen and oxygen atoms in total. The molecule has 0 amide bonds. The SMILES string of the molecule is COc1nc(OC)nc(N2CCCc3cc(C)ccc32)n1. The van der Waals surface area contributed by atoms with Crippen LogP contribution < -0.4 is 14.4 Å². The molecule has 1 aliphatic rings. The lowest BCUT2D eigenvalue weighted by Crippen LogP contribution is -2.26. The highest BCUT2D eigenvalue weighted by molar-refractivity contribution is 5.64. The van der Waals surface area contributed by atoms with Crippen LogP contribution in [0.1, 0.15) is 17.5 Å². The highest BCUT2D eigenvalue weighted by Crippen LogP contribution is 2.33. The Morgan fingerprint density at radius 1 is 1.05 bits per heavy atom. The molecule has 0 saturated carbocycles. The third-order valence-corrected chi connectivity index (χ3v) is 3.54. The summed E-state index contributed by atoms with van der Waals surface area (Å²) in [6.07, 6.45) is 2.14. The third kappa shape index (κ3) is 2.61. The number of hydrogen-bond acceptors (Lipinski definition) is 6. The van der Waals surface area contributed by atoms with Gasteiger partial charge in [0.05, 0.1) is 14.2 Å². The van der Waals surface area contributed by atoms with Crippen molar-refractivity contribution in [1.29, 1.82) is 0 Å². The molecule has 21 heavy (non-hydrogen) atoms. The Balaban J connectivity index is 2.06. The lowest BCUT2D eigenvalue weighted by atomic mass is 10.00. The first-order chi connectivity index (χ1) is 10.2. The van der Waals surface area contributed by atoms with E-state index in [1.54, 1.807) is 0 Å². The van der Waals surface area contributed by atoms with Gasteiger partial charge in [0.25, 0.3) is 0 Å². The second-order valence-corrected chi connectivity index (χ2v) is 5.00. The molecule has 2 aromatic rings. The van der Waals surface area contributed by atoms with Crippen molar-refractivity contribution in [1.82, 2.24) is 15.0 Å². The molecular weight excluding hydrogens is 268 g/mol. The number of aryl methyl sites for hydroxylation is 2. The zero-order valence-corrected chi connectivity index (χ0v) is 12.5. The molecule has 2 heterocycles. The molecule has 1 aliphatic heterocycles. The third-order valence-electron chi connectivity index (χ3n) is 3.54. The van der Waals surface area contributed by atoms with E-state index in [9.17, 15) is 0 Å². The van der Waals surface area contributed by atoms with E-state index >= 15 is 0 Å². The van der Waals surface area contributed by atoms with Crippen molar-refractivity contribution in [2.45, 2.75) is 19.8 Å². The summed E-state index contributed by atoms with van der Waals surface area (Å²) in [5.41, 5.74) is 3.73. The van der Waals surface area contributed by atoms with Gasteiger partial charge in [-0.05, 0) is 31.4 Å². The van der Waals surface area contributed by atoms with Crippen molar-refractivity contribution < 1.29 is 9.47 Å². The van der Waals surface area contributed by atoms with E-state index in [-0.39, 0.29) is 12.0 Å². The number of methoxy groups -OCH3 is 2. The zero-order chi connectivity index (χ0) is 14.8. The van der Waals surface area contributed by atoms with Crippen LogP contribution in [0.3, 0.4) is 0 Å². The first kappa shape index (κ1) is 13.6. The van der Waals surface area contributed by atoms with Gasteiger partial charge in [0.2, 0.25) is 5.95 Å². The second-order valence-electron chi connectivity index (χ2n) is 5.00. The van der Waals surface area contributed by atoms with E-state index in [1.807, 2.05) is 0 Å². The van der Waals surface area contributed by atoms with Crippen LogP contribution in [-0.4, -0.2) is 35.7 Å². The Bertz CT molecular complexity index is 638. The molecule has 0 unspecified atom stereocenters. The summed E-state index contributed by atoms with van der Waals surface area (Å²) < 4.78 is 10.3. The van der Waals surface area contributed by atoms with Gasteiger partial charge in [0, 0.05) is 12.2 Å². The minimum atomic E-state index is 0.260. The number of anilines is 2. The van der Waals surface area contributed by atoms with Gasteiger partial charge >= 0.3 is 12.0 Å². The molecule has 1 aromatic carbocycles. The van der Waals surface area contributed by atoms with Gasteiger partial charge in [-0.25, -0.2) is 0 Å². The minimum Gasteiger partial charge on any atom is -0.467 e. The van der Waals surface area contributed by atoms with Crippen molar-refractivity contribution in [3.63, 3.8) is 0 Å². The quantitative estimate of drug-likeness (QED) is 0.862. The van der Waals surface area contributed by atoms with Gasteiger partial charge in [-0.1, -0.05) is 17.7 Å². The molecule has 3 rings (SSSR count). The van der Waals surface area contributed by atoms with Crippen LogP contribution in [0.15, 0.2) is 18.2 Å². The fourth-order valence-electron chi connectivity index (χ4n) is 2.56. The highest BCUT2D eigenvalue weighted by Gasteiger charge is 2.22. The van der Waals surface area contributed by atoms with Crippen LogP contribution in [0.4, 0.5) is 11.6 Å². The average molecular weight is 286 g/mol. The maximum atomic E-state index is 5.13. The van der Waals surface area contributed by atoms with Crippen molar-refractivity contribution in [2.75, 3.05) is 25.7 Å². The van der Waals surface area contributed by atoms with Crippen LogP contribution >= 0.6 is 0 Å². The Kier molecular flexibility index (Phi) is 3.60. The molecule has 0 fully saturated rings. The fourth-order valence-corrected chi connectivity index (χ4v) is 2.56. The number of hydrogen-bond donors (Lipinski definition) is 0. The van der Waals surface area contributed by atoms with E-state index < -0.39 is 0 Å². The summed E-state index contributed by atoms with van der Waals surface area (Å²) in [5.74, 6) is 0.559. The Hall–Kier alpha value is -2.37. The van der Waals surface area contributed by atoms with Crippen molar-refractivity contribution in [3.8, 4) is 12.0 Å². The second kappa shape index (κ2) is 5.55. The number of rotatable bonds is 3. The standard InChI is InChI=1S/C15H18N4O2/c1-10-6-7-12-11(9-10)5-4-8-19(12)13-16-14(20-2)18-15(17-13)21-3/h6-7,9H,4-5,8H2,1-3H3. The first-order valence-electron chi connectivity index (χ1n) is 6.92. The minimum absolute atomic E-state index is 0.260. The average Bonchev–Trinajstić information content (AvgIpc) is 2.53. The molecule has 0 atom stereocenters. The number of ether oxygens (including phenoxy) is 2. The fraction of sp³-hybridized carbons (Fsp3) is 0.400. The summed E-state index contributed by atoms with van der Waals surface area (Å²) in [6.45, 7) is 2.97. The summed E-state index contributed by atoms with van der Waals surface area (Å²) in [7, 11) is 3.07. The summed E-state index contributed by atoms with van der Waals surface area (Å²) in [6, 6.07) is 6.96. The van der Waals surface area contributed by atoms with E-state index in [0.717, 1.165) is 25.1 Å². The maximum Gasteiger partial charge on any atom is 0.324 e. The van der Waals surface area contributed by atoms with E-state index in [4.69, 9.17) is 9.47 Å². The Labute approximate surface area is 123 Å². The summed E-state index contributed by atoms with van der Waals surface area (Å²) >= 11 is 0. The summed E-state index contributed by atoms with van der Waals surface area (Å²) in [5, 5.41) is 0. The predicted octanol–water partition coefficient (Wildman–Crippen LogP) is 2.28. The Morgan fingerprint density at radius 2 is 1.76 bits per heavy atom. The normalized spacial score (nSPS) is 13.8. The van der Waals surface area contributed by atoms with E-state index in [1.165, 1.54) is 25.3 Å². The molecule has 0 saturated heterocycles. The van der Waals surface area contributed by atoms with Gasteiger partial charge in [0.1, 0.15) is 0 Å². The molecule has 0 bridgehead atoms. The van der Waals surface area contributed by atoms with Crippen LogP contribution in [0, 0.1) is 6.92 Å². The summed E-state index contributed by atoms with van der Waals surface area (Å²) in [4.78, 5) is 14.8. The van der Waals surface area contributed by atoms with Gasteiger partial charge in [-0.15, -0.1) is 4.98 Å². The van der Waals surface area contributed by atoms with Gasteiger partial charge < -0.3 is 14.4 Å². The molecule has 1 aromatic heterocycles. The molecular formula is C15H18N4O2. The van der Waals surface area contributed by atoms with Crippen LogP contribution in [0.2, 0.25) is 0 Å². The van der Waals surface area contributed by atoms with E-state index in [0.29, 0.717) is 5.95 Å². The number of benzene rings is 1. The van der Waals surface area contributed by atoms with Crippen molar-refractivity contribution >= 4 is 11.6 Å². The smallest absolute Gasteiger partial charge is 0.324 e. The number of aromatic nitrogens is 3.